The molecule has 0 saturated heterocycles. The van der Waals surface area contributed by atoms with E-state index in [9.17, 15) is 9.59 Å². The number of rotatable bonds is 9. The van der Waals surface area contributed by atoms with Gasteiger partial charge in [-0.2, -0.15) is 0 Å². The largest absolute Gasteiger partial charge is 0.484 e. The van der Waals surface area contributed by atoms with Crippen molar-refractivity contribution in [2.45, 2.75) is 26.8 Å². The highest BCUT2D eigenvalue weighted by Crippen LogP contribution is 2.15. The average Bonchev–Trinajstić information content (AvgIpc) is 2.70. The summed E-state index contributed by atoms with van der Waals surface area (Å²) in [5.41, 5.74) is 2.87. The molecule has 0 radical (unpaired) electrons. The van der Waals surface area contributed by atoms with Crippen LogP contribution in [0.3, 0.4) is 0 Å². The summed E-state index contributed by atoms with van der Waals surface area (Å²) < 4.78 is 5.60. The molecule has 0 unspecified atom stereocenters. The Bertz CT molecular complexity index is 752. The number of ether oxygens (including phenoxy) is 1. The minimum atomic E-state index is -0.0668. The zero-order valence-corrected chi connectivity index (χ0v) is 16.6. The number of hydrogen-bond acceptors (Lipinski definition) is 4. The highest BCUT2D eigenvalue weighted by molar-refractivity contribution is 5.95. The van der Waals surface area contributed by atoms with Crippen LogP contribution >= 0.6 is 0 Å². The highest BCUT2D eigenvalue weighted by Gasteiger charge is 2.13. The van der Waals surface area contributed by atoms with Crippen LogP contribution in [0.4, 0.5) is 5.69 Å². The summed E-state index contributed by atoms with van der Waals surface area (Å²) in [6.45, 7) is 4.93. The summed E-state index contributed by atoms with van der Waals surface area (Å²) in [6.07, 6.45) is 0.472. The predicted molar refractivity (Wildman–Crippen MR) is 108 cm³/mol. The average molecular weight is 368 g/mol. The van der Waals surface area contributed by atoms with Gasteiger partial charge in [-0.05, 0) is 48.9 Å². The first kappa shape index (κ1) is 20.5. The molecule has 0 heterocycles. The Kier molecular flexibility index (Phi) is 7.41. The number of carbonyl (C=O) groups excluding carboxylic acids is 2. The molecule has 0 saturated carbocycles. The zero-order valence-electron chi connectivity index (χ0n) is 16.6. The summed E-state index contributed by atoms with van der Waals surface area (Å²) in [5, 5.41) is 0. The van der Waals surface area contributed by atoms with Crippen LogP contribution in [0.5, 0.6) is 5.75 Å². The summed E-state index contributed by atoms with van der Waals surface area (Å²) in [7, 11) is 4.00. The van der Waals surface area contributed by atoms with Crippen LogP contribution in [0.25, 0.3) is 0 Å². The smallest absolute Gasteiger partial charge is 0.260 e. The third kappa shape index (κ3) is 5.84. The Morgan fingerprint density at radius 1 is 0.926 bits per heavy atom. The van der Waals surface area contributed by atoms with E-state index in [1.165, 1.54) is 0 Å². The predicted octanol–water partition coefficient (Wildman–Crippen LogP) is 3.77. The van der Waals surface area contributed by atoms with Gasteiger partial charge in [-0.3, -0.25) is 9.59 Å². The van der Waals surface area contributed by atoms with Crippen LogP contribution in [-0.4, -0.2) is 43.8 Å². The van der Waals surface area contributed by atoms with Gasteiger partial charge in [0, 0.05) is 44.9 Å². The zero-order chi connectivity index (χ0) is 19.8. The van der Waals surface area contributed by atoms with E-state index in [4.69, 9.17) is 4.74 Å². The Morgan fingerprint density at radius 2 is 1.56 bits per heavy atom. The van der Waals surface area contributed by atoms with Gasteiger partial charge in [0.1, 0.15) is 5.75 Å². The molecule has 0 N–H and O–H groups in total. The van der Waals surface area contributed by atoms with Gasteiger partial charge in [-0.1, -0.05) is 19.1 Å². The number of likely N-dealkylation sites (N-methyl/N-ethyl adjacent to an activating group) is 1. The van der Waals surface area contributed by atoms with E-state index in [-0.39, 0.29) is 18.3 Å². The summed E-state index contributed by atoms with van der Waals surface area (Å²) in [4.78, 5) is 27.9. The molecule has 0 aliphatic carbocycles. The quantitative estimate of drug-likeness (QED) is 0.632. The lowest BCUT2D eigenvalue weighted by Crippen LogP contribution is -2.34. The fourth-order valence-electron chi connectivity index (χ4n) is 2.67. The van der Waals surface area contributed by atoms with Crippen LogP contribution in [0, 0.1) is 0 Å². The van der Waals surface area contributed by atoms with Crippen molar-refractivity contribution in [1.82, 2.24) is 4.90 Å². The summed E-state index contributed by atoms with van der Waals surface area (Å²) in [5.74, 6) is 0.611. The standard InChI is InChI=1S/C22H28N2O3/c1-5-21(25)18-9-13-20(14-10-18)27-16-22(26)24(6-2)15-17-7-11-19(12-8-17)23(3)4/h7-14H,5-6,15-16H2,1-4H3. The number of hydrogen-bond donors (Lipinski definition) is 0. The third-order valence-electron chi connectivity index (χ3n) is 4.42. The molecular formula is C22H28N2O3. The third-order valence-corrected chi connectivity index (χ3v) is 4.42. The van der Waals surface area contributed by atoms with E-state index in [1.807, 2.05) is 57.1 Å². The van der Waals surface area contributed by atoms with Gasteiger partial charge in [0.05, 0.1) is 0 Å². The molecule has 2 rings (SSSR count). The Labute approximate surface area is 161 Å². The number of ketones is 1. The van der Waals surface area contributed by atoms with Crippen LogP contribution in [0.15, 0.2) is 48.5 Å². The molecule has 27 heavy (non-hydrogen) atoms. The Morgan fingerprint density at radius 3 is 2.07 bits per heavy atom. The molecule has 5 nitrogen and oxygen atoms in total. The summed E-state index contributed by atoms with van der Waals surface area (Å²) >= 11 is 0. The molecule has 1 amide bonds. The number of amides is 1. The fraction of sp³-hybridized carbons (Fsp3) is 0.364. The van der Waals surface area contributed by atoms with Crippen molar-refractivity contribution in [3.63, 3.8) is 0 Å². The van der Waals surface area contributed by atoms with E-state index in [2.05, 4.69) is 0 Å². The molecule has 0 aliphatic rings. The minimum absolute atomic E-state index is 0.0231. The second-order valence-corrected chi connectivity index (χ2v) is 6.56. The topological polar surface area (TPSA) is 49.9 Å². The number of Topliss-reactive ketones (excluding diaryl/α,β-unsaturated/α-hetero) is 1. The molecule has 2 aromatic rings. The van der Waals surface area contributed by atoms with Gasteiger partial charge in [0.15, 0.2) is 12.4 Å². The molecule has 2 aromatic carbocycles. The van der Waals surface area contributed by atoms with Crippen molar-refractivity contribution in [2.75, 3.05) is 32.1 Å². The molecular weight excluding hydrogens is 340 g/mol. The molecule has 0 bridgehead atoms. The first-order valence-electron chi connectivity index (χ1n) is 9.24. The maximum Gasteiger partial charge on any atom is 0.260 e. The van der Waals surface area contributed by atoms with E-state index >= 15 is 0 Å². The fourth-order valence-corrected chi connectivity index (χ4v) is 2.67. The van der Waals surface area contributed by atoms with Crippen LogP contribution in [0.1, 0.15) is 36.2 Å². The number of nitrogens with zero attached hydrogens (tertiary/aromatic N) is 2. The monoisotopic (exact) mass is 368 g/mol. The second-order valence-electron chi connectivity index (χ2n) is 6.56. The molecule has 0 atom stereocenters. The van der Waals surface area contributed by atoms with Crippen molar-refractivity contribution >= 4 is 17.4 Å². The van der Waals surface area contributed by atoms with Crippen LogP contribution in [0.2, 0.25) is 0 Å². The molecule has 5 heteroatoms. The molecule has 0 aromatic heterocycles. The molecule has 0 spiro atoms. The number of anilines is 1. The maximum absolute atomic E-state index is 12.5. The molecule has 0 fully saturated rings. The lowest BCUT2D eigenvalue weighted by molar-refractivity contribution is -0.133. The second kappa shape index (κ2) is 9.76. The van der Waals surface area contributed by atoms with Crippen molar-refractivity contribution < 1.29 is 14.3 Å². The van der Waals surface area contributed by atoms with Crippen molar-refractivity contribution in [3.8, 4) is 5.75 Å². The van der Waals surface area contributed by atoms with Crippen molar-refractivity contribution in [2.24, 2.45) is 0 Å². The minimum Gasteiger partial charge on any atom is -0.484 e. The Hall–Kier alpha value is -2.82. The SMILES string of the molecule is CCC(=O)c1ccc(OCC(=O)N(CC)Cc2ccc(N(C)C)cc2)cc1. The van der Waals surface area contributed by atoms with E-state index in [0.717, 1.165) is 11.3 Å². The molecule has 0 aliphatic heterocycles. The van der Waals surface area contributed by atoms with Gasteiger partial charge in [-0.25, -0.2) is 0 Å². The number of carbonyl (C=O) groups is 2. The lowest BCUT2D eigenvalue weighted by Gasteiger charge is -2.22. The van der Waals surface area contributed by atoms with Gasteiger partial charge in [-0.15, -0.1) is 0 Å². The lowest BCUT2D eigenvalue weighted by atomic mass is 10.1. The first-order chi connectivity index (χ1) is 12.9. The summed E-state index contributed by atoms with van der Waals surface area (Å²) in [6, 6.07) is 15.1. The first-order valence-corrected chi connectivity index (χ1v) is 9.24. The maximum atomic E-state index is 12.5. The van der Waals surface area contributed by atoms with Gasteiger partial charge in [0.25, 0.3) is 5.91 Å². The Balaban J connectivity index is 1.91. The highest BCUT2D eigenvalue weighted by atomic mass is 16.5. The molecule has 144 valence electrons. The van der Waals surface area contributed by atoms with E-state index in [1.54, 1.807) is 29.2 Å². The normalized spacial score (nSPS) is 10.4. The van der Waals surface area contributed by atoms with Crippen molar-refractivity contribution in [3.05, 3.63) is 59.7 Å². The van der Waals surface area contributed by atoms with Gasteiger partial charge >= 0.3 is 0 Å². The number of benzene rings is 2. The van der Waals surface area contributed by atoms with Crippen LogP contribution < -0.4 is 9.64 Å². The van der Waals surface area contributed by atoms with E-state index < -0.39 is 0 Å². The van der Waals surface area contributed by atoms with Crippen molar-refractivity contribution in [1.29, 1.82) is 0 Å². The van der Waals surface area contributed by atoms with Crippen LogP contribution in [-0.2, 0) is 11.3 Å². The van der Waals surface area contributed by atoms with Gasteiger partial charge in [0.2, 0.25) is 0 Å². The van der Waals surface area contributed by atoms with E-state index in [0.29, 0.717) is 30.8 Å². The van der Waals surface area contributed by atoms with Gasteiger partial charge < -0.3 is 14.5 Å².